The van der Waals surface area contributed by atoms with E-state index < -0.39 is 0 Å². The van der Waals surface area contributed by atoms with Crippen LogP contribution in [0.5, 0.6) is 5.75 Å². The zero-order valence-corrected chi connectivity index (χ0v) is 10.9. The average molecular weight is 281 g/mol. The zero-order valence-electron chi connectivity index (χ0n) is 9.27. The number of aromatic nitrogens is 2. The van der Waals surface area contributed by atoms with E-state index in [2.05, 4.69) is 27.1 Å². The highest BCUT2D eigenvalue weighted by molar-refractivity contribution is 9.10. The molecule has 0 fully saturated rings. The Labute approximate surface area is 103 Å². The fraction of sp³-hybridized carbons (Fsp3) is 0.250. The van der Waals surface area contributed by atoms with Crippen molar-refractivity contribution in [1.29, 1.82) is 0 Å². The quantitative estimate of drug-likeness (QED) is 0.864. The molecule has 2 aromatic rings. The van der Waals surface area contributed by atoms with Crippen LogP contribution in [0.1, 0.15) is 11.1 Å². The molecule has 16 heavy (non-hydrogen) atoms. The molecule has 0 amide bonds. The molecular weight excluding hydrogens is 268 g/mol. The highest BCUT2D eigenvalue weighted by Gasteiger charge is 2.02. The van der Waals surface area contributed by atoms with E-state index >= 15 is 0 Å². The maximum Gasteiger partial charge on any atom is 0.133 e. The van der Waals surface area contributed by atoms with Gasteiger partial charge in [-0.25, -0.2) is 0 Å². The summed E-state index contributed by atoms with van der Waals surface area (Å²) >= 11 is 3.47. The van der Waals surface area contributed by atoms with Gasteiger partial charge >= 0.3 is 0 Å². The van der Waals surface area contributed by atoms with Crippen molar-refractivity contribution < 1.29 is 4.74 Å². The molecular formula is C12H13BrN2O. The second-order valence-electron chi connectivity index (χ2n) is 3.68. The van der Waals surface area contributed by atoms with Gasteiger partial charge in [0.05, 0.1) is 24.3 Å². The molecule has 0 unspecified atom stereocenters. The smallest absolute Gasteiger partial charge is 0.133 e. The lowest BCUT2D eigenvalue weighted by Gasteiger charge is -2.06. The lowest BCUT2D eigenvalue weighted by Crippen LogP contribution is -2.00. The van der Waals surface area contributed by atoms with E-state index in [4.69, 9.17) is 4.74 Å². The van der Waals surface area contributed by atoms with Crippen LogP contribution in [0.4, 0.5) is 0 Å². The van der Waals surface area contributed by atoms with Gasteiger partial charge in [-0.3, -0.25) is 4.68 Å². The van der Waals surface area contributed by atoms with Crippen LogP contribution in [0.25, 0.3) is 0 Å². The molecule has 1 aromatic heterocycles. The van der Waals surface area contributed by atoms with E-state index in [9.17, 15) is 0 Å². The molecule has 0 bridgehead atoms. The van der Waals surface area contributed by atoms with E-state index in [1.54, 1.807) is 7.11 Å². The van der Waals surface area contributed by atoms with Gasteiger partial charge in [-0.2, -0.15) is 5.10 Å². The van der Waals surface area contributed by atoms with Crippen LogP contribution in [0.2, 0.25) is 0 Å². The molecule has 0 aliphatic heterocycles. The summed E-state index contributed by atoms with van der Waals surface area (Å²) in [5.74, 6) is 0.848. The first-order valence-electron chi connectivity index (χ1n) is 5.00. The molecule has 3 nitrogen and oxygen atoms in total. The largest absolute Gasteiger partial charge is 0.496 e. The second-order valence-corrected chi connectivity index (χ2v) is 4.54. The second kappa shape index (κ2) is 4.70. The Kier molecular flexibility index (Phi) is 3.29. The molecule has 0 spiro atoms. The van der Waals surface area contributed by atoms with Gasteiger partial charge in [0, 0.05) is 6.20 Å². The first kappa shape index (κ1) is 11.2. The number of benzene rings is 1. The van der Waals surface area contributed by atoms with Gasteiger partial charge in [-0.05, 0) is 46.1 Å². The van der Waals surface area contributed by atoms with Gasteiger partial charge in [-0.15, -0.1) is 0 Å². The summed E-state index contributed by atoms with van der Waals surface area (Å²) in [6, 6.07) is 6.05. The maximum absolute atomic E-state index is 5.18. The normalized spacial score (nSPS) is 10.4. The molecule has 0 aliphatic carbocycles. The third kappa shape index (κ3) is 2.44. The van der Waals surface area contributed by atoms with Crippen LogP contribution in [0.15, 0.2) is 35.1 Å². The van der Waals surface area contributed by atoms with Crippen LogP contribution in [0, 0.1) is 6.92 Å². The van der Waals surface area contributed by atoms with Gasteiger partial charge in [0.2, 0.25) is 0 Å². The topological polar surface area (TPSA) is 27.1 Å². The summed E-state index contributed by atoms with van der Waals surface area (Å²) in [6.45, 7) is 2.81. The fourth-order valence-electron chi connectivity index (χ4n) is 1.55. The molecule has 4 heteroatoms. The van der Waals surface area contributed by atoms with Gasteiger partial charge in [0.15, 0.2) is 0 Å². The van der Waals surface area contributed by atoms with E-state index in [0.29, 0.717) is 0 Å². The van der Waals surface area contributed by atoms with Crippen LogP contribution < -0.4 is 4.74 Å². The average Bonchev–Trinajstić information content (AvgIpc) is 2.64. The van der Waals surface area contributed by atoms with Crippen LogP contribution in [-0.2, 0) is 6.54 Å². The van der Waals surface area contributed by atoms with Crippen molar-refractivity contribution in [1.82, 2.24) is 9.78 Å². The highest BCUT2D eigenvalue weighted by atomic mass is 79.9. The SMILES string of the molecule is COc1ccc(Cn2cc(C)cn2)cc1Br. The minimum absolute atomic E-state index is 0.774. The zero-order chi connectivity index (χ0) is 11.5. The van der Waals surface area contributed by atoms with Crippen molar-refractivity contribution in [3.05, 3.63) is 46.2 Å². The predicted octanol–water partition coefficient (Wildman–Crippen LogP) is 3.01. The third-order valence-corrected chi connectivity index (χ3v) is 2.94. The Bertz CT molecular complexity index is 494. The Hall–Kier alpha value is -1.29. The fourth-order valence-corrected chi connectivity index (χ4v) is 2.14. The summed E-state index contributed by atoms with van der Waals surface area (Å²) in [7, 11) is 1.66. The Morgan fingerprint density at radius 3 is 2.81 bits per heavy atom. The van der Waals surface area contributed by atoms with Crippen LogP contribution in [0.3, 0.4) is 0 Å². The van der Waals surface area contributed by atoms with Crippen LogP contribution in [-0.4, -0.2) is 16.9 Å². The number of nitrogens with zero attached hydrogens (tertiary/aromatic N) is 2. The number of hydrogen-bond acceptors (Lipinski definition) is 2. The monoisotopic (exact) mass is 280 g/mol. The van der Waals surface area contributed by atoms with Crippen molar-refractivity contribution in [2.75, 3.05) is 7.11 Å². The van der Waals surface area contributed by atoms with E-state index in [-0.39, 0.29) is 0 Å². The molecule has 0 aliphatic rings. The number of hydrogen-bond donors (Lipinski definition) is 0. The van der Waals surface area contributed by atoms with Crippen molar-refractivity contribution in [3.63, 3.8) is 0 Å². The number of aryl methyl sites for hydroxylation is 1. The molecule has 0 saturated carbocycles. The van der Waals surface area contributed by atoms with Crippen molar-refractivity contribution >= 4 is 15.9 Å². The minimum Gasteiger partial charge on any atom is -0.496 e. The lowest BCUT2D eigenvalue weighted by atomic mass is 10.2. The number of halogens is 1. The number of rotatable bonds is 3. The van der Waals surface area contributed by atoms with Gasteiger partial charge in [0.1, 0.15) is 5.75 Å². The lowest BCUT2D eigenvalue weighted by molar-refractivity contribution is 0.412. The van der Waals surface area contributed by atoms with E-state index in [1.165, 1.54) is 11.1 Å². The molecule has 0 atom stereocenters. The van der Waals surface area contributed by atoms with Crippen molar-refractivity contribution in [2.24, 2.45) is 0 Å². The van der Waals surface area contributed by atoms with E-state index in [1.807, 2.05) is 36.1 Å². The third-order valence-electron chi connectivity index (χ3n) is 2.32. The summed E-state index contributed by atoms with van der Waals surface area (Å²) in [6.07, 6.45) is 3.89. The first-order valence-corrected chi connectivity index (χ1v) is 5.80. The van der Waals surface area contributed by atoms with Gasteiger partial charge in [-0.1, -0.05) is 6.07 Å². The Morgan fingerprint density at radius 1 is 1.44 bits per heavy atom. The summed E-state index contributed by atoms with van der Waals surface area (Å²) < 4.78 is 8.07. The van der Waals surface area contributed by atoms with Crippen molar-refractivity contribution in [2.45, 2.75) is 13.5 Å². The predicted molar refractivity (Wildman–Crippen MR) is 66.8 cm³/mol. The molecule has 0 radical (unpaired) electrons. The molecule has 0 saturated heterocycles. The summed E-state index contributed by atoms with van der Waals surface area (Å²) in [5.41, 5.74) is 2.36. The maximum atomic E-state index is 5.18. The minimum atomic E-state index is 0.774. The van der Waals surface area contributed by atoms with Gasteiger partial charge < -0.3 is 4.74 Å². The molecule has 1 aromatic carbocycles. The Morgan fingerprint density at radius 2 is 2.25 bits per heavy atom. The standard InChI is InChI=1S/C12H13BrN2O/c1-9-6-14-15(7-9)8-10-3-4-12(16-2)11(13)5-10/h3-7H,8H2,1-2H3. The summed E-state index contributed by atoms with van der Waals surface area (Å²) in [5, 5.41) is 4.25. The molecule has 1 heterocycles. The Balaban J connectivity index is 2.19. The van der Waals surface area contributed by atoms with Crippen molar-refractivity contribution in [3.8, 4) is 5.75 Å². The van der Waals surface area contributed by atoms with Gasteiger partial charge in [0.25, 0.3) is 0 Å². The first-order chi connectivity index (χ1) is 7.69. The molecule has 84 valence electrons. The molecule has 2 rings (SSSR count). The number of ether oxygens (including phenoxy) is 1. The van der Waals surface area contributed by atoms with Crippen LogP contribution >= 0.6 is 15.9 Å². The highest BCUT2D eigenvalue weighted by Crippen LogP contribution is 2.25. The summed E-state index contributed by atoms with van der Waals surface area (Å²) in [4.78, 5) is 0. The number of methoxy groups -OCH3 is 1. The van der Waals surface area contributed by atoms with E-state index in [0.717, 1.165) is 16.8 Å². The molecule has 0 N–H and O–H groups in total.